The van der Waals surface area contributed by atoms with Gasteiger partial charge in [-0.1, -0.05) is 12.1 Å². The number of halogens is 2. The number of hydrogen-bond acceptors (Lipinski definition) is 1. The van der Waals surface area contributed by atoms with Gasteiger partial charge in [-0.3, -0.25) is 4.79 Å². The van der Waals surface area contributed by atoms with Gasteiger partial charge in [0, 0.05) is 19.2 Å². The van der Waals surface area contributed by atoms with Gasteiger partial charge >= 0.3 is 0 Å². The Morgan fingerprint density at radius 3 is 2.25 bits per heavy atom. The van der Waals surface area contributed by atoms with E-state index < -0.39 is 0 Å². The molecule has 0 heterocycles. The average molecular weight is 275 g/mol. The second kappa shape index (κ2) is 5.82. The minimum absolute atomic E-state index is 0.188. The van der Waals surface area contributed by atoms with Gasteiger partial charge in [0.25, 0.3) is 5.91 Å². The fourth-order valence-electron chi connectivity index (χ4n) is 2.01. The van der Waals surface area contributed by atoms with Gasteiger partial charge in [-0.25, -0.2) is 8.78 Å². The second-order valence-corrected chi connectivity index (χ2v) is 4.75. The topological polar surface area (TPSA) is 20.3 Å². The van der Waals surface area contributed by atoms with Crippen molar-refractivity contribution in [1.82, 2.24) is 4.90 Å². The minimum Gasteiger partial charge on any atom is -0.337 e. The Kier molecular flexibility index (Phi) is 4.13. The number of aryl methyl sites for hydroxylation is 1. The van der Waals surface area contributed by atoms with E-state index in [2.05, 4.69) is 0 Å². The molecule has 0 fully saturated rings. The quantitative estimate of drug-likeness (QED) is 0.839. The van der Waals surface area contributed by atoms with Crippen LogP contribution in [0, 0.1) is 18.6 Å². The third kappa shape index (κ3) is 3.20. The smallest absolute Gasteiger partial charge is 0.254 e. The van der Waals surface area contributed by atoms with Crippen LogP contribution in [0.5, 0.6) is 0 Å². The van der Waals surface area contributed by atoms with Crippen molar-refractivity contribution in [2.45, 2.75) is 13.5 Å². The van der Waals surface area contributed by atoms with E-state index in [4.69, 9.17) is 0 Å². The van der Waals surface area contributed by atoms with Crippen LogP contribution in [-0.4, -0.2) is 17.9 Å². The summed E-state index contributed by atoms with van der Waals surface area (Å²) in [7, 11) is 1.66. The number of nitrogens with zero attached hydrogens (tertiary/aromatic N) is 1. The Bertz CT molecular complexity index is 623. The normalized spacial score (nSPS) is 10.4. The van der Waals surface area contributed by atoms with E-state index in [1.54, 1.807) is 26.1 Å². The molecule has 2 nitrogen and oxygen atoms in total. The van der Waals surface area contributed by atoms with Crippen LogP contribution in [0.2, 0.25) is 0 Å². The van der Waals surface area contributed by atoms with Gasteiger partial charge in [-0.2, -0.15) is 0 Å². The highest BCUT2D eigenvalue weighted by atomic mass is 19.1. The first-order chi connectivity index (χ1) is 9.47. The van der Waals surface area contributed by atoms with E-state index in [-0.39, 0.29) is 17.5 Å². The number of carbonyl (C=O) groups is 1. The summed E-state index contributed by atoms with van der Waals surface area (Å²) in [6.45, 7) is 2.07. The molecule has 2 rings (SSSR count). The zero-order valence-electron chi connectivity index (χ0n) is 11.4. The molecule has 20 heavy (non-hydrogen) atoms. The molecular formula is C16H15F2NO. The lowest BCUT2D eigenvalue weighted by Crippen LogP contribution is -2.26. The molecule has 0 aliphatic carbocycles. The van der Waals surface area contributed by atoms with Gasteiger partial charge in [0.1, 0.15) is 11.6 Å². The molecule has 2 aromatic rings. The standard InChI is InChI=1S/C16H15F2NO/c1-11-9-14(18)7-8-15(11)16(20)19(2)10-12-3-5-13(17)6-4-12/h3-9H,10H2,1-2H3. The van der Waals surface area contributed by atoms with Crippen LogP contribution in [0.1, 0.15) is 21.5 Å². The Hall–Kier alpha value is -2.23. The van der Waals surface area contributed by atoms with Gasteiger partial charge in [-0.05, 0) is 48.4 Å². The monoisotopic (exact) mass is 275 g/mol. The van der Waals surface area contributed by atoms with Crippen LogP contribution in [0.15, 0.2) is 42.5 Å². The van der Waals surface area contributed by atoms with Crippen LogP contribution >= 0.6 is 0 Å². The number of rotatable bonds is 3. The van der Waals surface area contributed by atoms with Crippen LogP contribution in [0.25, 0.3) is 0 Å². The van der Waals surface area contributed by atoms with E-state index in [0.717, 1.165) is 5.56 Å². The fraction of sp³-hybridized carbons (Fsp3) is 0.188. The summed E-state index contributed by atoms with van der Waals surface area (Å²) in [5, 5.41) is 0. The van der Waals surface area contributed by atoms with Gasteiger partial charge in [0.05, 0.1) is 0 Å². The minimum atomic E-state index is -0.361. The summed E-state index contributed by atoms with van der Waals surface area (Å²) in [5.41, 5.74) is 1.90. The molecule has 0 aliphatic rings. The van der Waals surface area contributed by atoms with Crippen LogP contribution in [0.4, 0.5) is 8.78 Å². The molecule has 0 N–H and O–H groups in total. The summed E-state index contributed by atoms with van der Waals surface area (Å²) in [6, 6.07) is 10.1. The third-order valence-corrected chi connectivity index (χ3v) is 3.10. The zero-order valence-corrected chi connectivity index (χ0v) is 11.4. The number of hydrogen-bond donors (Lipinski definition) is 0. The molecular weight excluding hydrogens is 260 g/mol. The van der Waals surface area contributed by atoms with Crippen molar-refractivity contribution in [3.63, 3.8) is 0 Å². The number of carbonyl (C=O) groups excluding carboxylic acids is 1. The van der Waals surface area contributed by atoms with Crippen molar-refractivity contribution in [3.8, 4) is 0 Å². The number of amides is 1. The highest BCUT2D eigenvalue weighted by Gasteiger charge is 2.14. The fourth-order valence-corrected chi connectivity index (χ4v) is 2.01. The van der Waals surface area contributed by atoms with Crippen molar-refractivity contribution in [3.05, 3.63) is 70.8 Å². The molecule has 0 aliphatic heterocycles. The first kappa shape index (κ1) is 14.2. The molecule has 0 spiro atoms. The van der Waals surface area contributed by atoms with Crippen LogP contribution in [-0.2, 0) is 6.54 Å². The summed E-state index contributed by atoms with van der Waals surface area (Å²) in [4.78, 5) is 13.8. The lowest BCUT2D eigenvalue weighted by atomic mass is 10.1. The molecule has 0 atom stereocenters. The summed E-state index contributed by atoms with van der Waals surface area (Å²) < 4.78 is 25.9. The molecule has 0 aromatic heterocycles. The number of benzene rings is 2. The molecule has 0 saturated carbocycles. The maximum absolute atomic E-state index is 13.0. The Morgan fingerprint density at radius 1 is 1.05 bits per heavy atom. The predicted octanol–water partition coefficient (Wildman–Crippen LogP) is 3.55. The highest BCUT2D eigenvalue weighted by molar-refractivity contribution is 5.95. The van der Waals surface area contributed by atoms with E-state index in [1.165, 1.54) is 35.2 Å². The van der Waals surface area contributed by atoms with E-state index >= 15 is 0 Å². The molecule has 4 heteroatoms. The highest BCUT2D eigenvalue weighted by Crippen LogP contribution is 2.14. The molecule has 2 aromatic carbocycles. The van der Waals surface area contributed by atoms with Crippen molar-refractivity contribution >= 4 is 5.91 Å². The molecule has 104 valence electrons. The van der Waals surface area contributed by atoms with Crippen LogP contribution in [0.3, 0.4) is 0 Å². The van der Waals surface area contributed by atoms with E-state index in [1.807, 2.05) is 0 Å². The Labute approximate surface area is 116 Å². The van der Waals surface area contributed by atoms with Gasteiger partial charge in [0.2, 0.25) is 0 Å². The first-order valence-corrected chi connectivity index (χ1v) is 6.23. The second-order valence-electron chi connectivity index (χ2n) is 4.75. The maximum Gasteiger partial charge on any atom is 0.254 e. The molecule has 0 radical (unpaired) electrons. The van der Waals surface area contributed by atoms with Gasteiger partial charge < -0.3 is 4.90 Å². The largest absolute Gasteiger partial charge is 0.337 e. The predicted molar refractivity (Wildman–Crippen MR) is 73.3 cm³/mol. The van der Waals surface area contributed by atoms with Crippen molar-refractivity contribution in [2.24, 2.45) is 0 Å². The summed E-state index contributed by atoms with van der Waals surface area (Å²) in [5.74, 6) is -0.857. The van der Waals surface area contributed by atoms with Crippen molar-refractivity contribution < 1.29 is 13.6 Å². The lowest BCUT2D eigenvalue weighted by molar-refractivity contribution is 0.0784. The first-order valence-electron chi connectivity index (χ1n) is 6.23. The van der Waals surface area contributed by atoms with E-state index in [0.29, 0.717) is 17.7 Å². The van der Waals surface area contributed by atoms with Crippen LogP contribution < -0.4 is 0 Å². The average Bonchev–Trinajstić information content (AvgIpc) is 2.40. The molecule has 1 amide bonds. The zero-order chi connectivity index (χ0) is 14.7. The van der Waals surface area contributed by atoms with Crippen molar-refractivity contribution in [1.29, 1.82) is 0 Å². The van der Waals surface area contributed by atoms with Gasteiger partial charge in [0.15, 0.2) is 0 Å². The Balaban J connectivity index is 2.14. The SMILES string of the molecule is Cc1cc(F)ccc1C(=O)N(C)Cc1ccc(F)cc1. The molecule has 0 bridgehead atoms. The Morgan fingerprint density at radius 2 is 1.65 bits per heavy atom. The van der Waals surface area contributed by atoms with E-state index in [9.17, 15) is 13.6 Å². The summed E-state index contributed by atoms with van der Waals surface area (Å²) in [6.07, 6.45) is 0. The third-order valence-electron chi connectivity index (χ3n) is 3.10. The summed E-state index contributed by atoms with van der Waals surface area (Å²) >= 11 is 0. The lowest BCUT2D eigenvalue weighted by Gasteiger charge is -2.18. The maximum atomic E-state index is 13.0. The molecule has 0 saturated heterocycles. The van der Waals surface area contributed by atoms with Crippen molar-refractivity contribution in [2.75, 3.05) is 7.05 Å². The van der Waals surface area contributed by atoms with Gasteiger partial charge in [-0.15, -0.1) is 0 Å². The molecule has 0 unspecified atom stereocenters.